The number of nitrogens with zero attached hydrogens (tertiary/aromatic N) is 1. The zero-order valence-corrected chi connectivity index (χ0v) is 18.8. The van der Waals surface area contributed by atoms with Crippen molar-refractivity contribution in [1.82, 2.24) is 4.98 Å². The summed E-state index contributed by atoms with van der Waals surface area (Å²) < 4.78 is 46.2. The number of unbranched alkanes of at least 4 members (excludes halogenated alkanes) is 5. The molecule has 0 aliphatic carbocycles. The third-order valence-corrected chi connectivity index (χ3v) is 4.36. The highest BCUT2D eigenvalue weighted by Crippen LogP contribution is 2.05. The van der Waals surface area contributed by atoms with Crippen LogP contribution in [0.15, 0.2) is 12.4 Å². The van der Waals surface area contributed by atoms with Crippen LogP contribution in [0.5, 0.6) is 0 Å². The van der Waals surface area contributed by atoms with Crippen molar-refractivity contribution < 1.29 is 36.0 Å². The molecule has 0 aliphatic rings. The van der Waals surface area contributed by atoms with E-state index in [0.29, 0.717) is 19.6 Å². The van der Waals surface area contributed by atoms with Crippen molar-refractivity contribution in [3.8, 4) is 0 Å². The average Bonchev–Trinajstić information content (AvgIpc) is 3.03. The predicted molar refractivity (Wildman–Crippen MR) is 107 cm³/mol. The number of imidazole rings is 1. The lowest BCUT2D eigenvalue weighted by Crippen LogP contribution is -2.33. The van der Waals surface area contributed by atoms with Crippen LogP contribution in [0.25, 0.3) is 0 Å². The quantitative estimate of drug-likeness (QED) is 0.156. The van der Waals surface area contributed by atoms with Gasteiger partial charge >= 0.3 is 5.97 Å². The maximum atomic E-state index is 11.5. The SMILES string of the molecule is CCCCCCCCOS(=O)(=O)[O-].CCOC[C@@H](C)OC(=O)Cc1[nH]cc[n+]1C. The summed E-state index contributed by atoms with van der Waals surface area (Å²) in [6.45, 7) is 6.97. The fourth-order valence-electron chi connectivity index (χ4n) is 2.38. The summed E-state index contributed by atoms with van der Waals surface area (Å²) in [7, 11) is -2.59. The molecule has 10 heteroatoms. The van der Waals surface area contributed by atoms with Crippen molar-refractivity contribution in [1.29, 1.82) is 0 Å². The number of hydrogen-bond acceptors (Lipinski definition) is 7. The molecule has 1 N–H and O–H groups in total. The van der Waals surface area contributed by atoms with Crippen molar-refractivity contribution >= 4 is 16.4 Å². The Balaban J connectivity index is 0.000000555. The number of nitrogens with one attached hydrogen (secondary N) is 1. The number of ether oxygens (including phenoxy) is 2. The van der Waals surface area contributed by atoms with E-state index < -0.39 is 10.4 Å². The second-order valence-corrected chi connectivity index (χ2v) is 7.70. The molecule has 1 aromatic heterocycles. The Morgan fingerprint density at radius 3 is 2.41 bits per heavy atom. The van der Waals surface area contributed by atoms with E-state index >= 15 is 0 Å². The number of esters is 1. The number of carbonyl (C=O) groups excluding carboxylic acids is 1. The van der Waals surface area contributed by atoms with Gasteiger partial charge in [-0.05, 0) is 20.3 Å². The highest BCUT2D eigenvalue weighted by atomic mass is 32.3. The monoisotopic (exact) mass is 436 g/mol. The number of H-pyrrole nitrogens is 1. The summed E-state index contributed by atoms with van der Waals surface area (Å²) in [5.41, 5.74) is 0. The minimum Gasteiger partial charge on any atom is -0.726 e. The first kappa shape index (κ1) is 27.5. The van der Waals surface area contributed by atoms with Gasteiger partial charge in [0.15, 0.2) is 0 Å². The molecular formula is C19H36N2O7S. The van der Waals surface area contributed by atoms with Gasteiger partial charge in [-0.3, -0.25) is 8.98 Å². The number of rotatable bonds is 14. The molecule has 1 rings (SSSR count). The fourth-order valence-corrected chi connectivity index (χ4v) is 2.70. The van der Waals surface area contributed by atoms with E-state index in [9.17, 15) is 17.8 Å². The van der Waals surface area contributed by atoms with E-state index in [4.69, 9.17) is 9.47 Å². The van der Waals surface area contributed by atoms with Crippen molar-refractivity contribution in [2.45, 2.75) is 71.8 Å². The summed E-state index contributed by atoms with van der Waals surface area (Å²) in [5, 5.41) is 0. The topological polar surface area (TPSA) is 122 Å². The van der Waals surface area contributed by atoms with Gasteiger partial charge in [0.1, 0.15) is 24.9 Å². The van der Waals surface area contributed by atoms with Gasteiger partial charge in [0.05, 0.1) is 20.3 Å². The second-order valence-electron chi connectivity index (χ2n) is 6.65. The summed E-state index contributed by atoms with van der Waals surface area (Å²) in [4.78, 5) is 14.5. The summed E-state index contributed by atoms with van der Waals surface area (Å²) >= 11 is 0. The first-order chi connectivity index (χ1) is 13.7. The minimum atomic E-state index is -4.47. The molecular weight excluding hydrogens is 400 g/mol. The third-order valence-electron chi connectivity index (χ3n) is 3.90. The van der Waals surface area contributed by atoms with Gasteiger partial charge in [0.25, 0.3) is 5.82 Å². The van der Waals surface area contributed by atoms with E-state index in [0.717, 1.165) is 18.7 Å². The van der Waals surface area contributed by atoms with Gasteiger partial charge in [-0.2, -0.15) is 0 Å². The van der Waals surface area contributed by atoms with E-state index in [1.807, 2.05) is 31.7 Å². The molecule has 0 amide bonds. The molecule has 0 radical (unpaired) electrons. The third kappa shape index (κ3) is 17.1. The maximum absolute atomic E-state index is 11.5. The van der Waals surface area contributed by atoms with Crippen LogP contribution >= 0.6 is 0 Å². The van der Waals surface area contributed by atoms with Crippen LogP contribution < -0.4 is 4.57 Å². The van der Waals surface area contributed by atoms with E-state index in [2.05, 4.69) is 16.1 Å². The smallest absolute Gasteiger partial charge is 0.318 e. The number of aromatic nitrogens is 2. The van der Waals surface area contributed by atoms with Crippen LogP contribution in [-0.4, -0.2) is 49.8 Å². The van der Waals surface area contributed by atoms with Crippen LogP contribution in [0.2, 0.25) is 0 Å². The van der Waals surface area contributed by atoms with Crippen molar-refractivity contribution in [3.63, 3.8) is 0 Å². The molecule has 0 saturated carbocycles. The molecule has 0 aliphatic heterocycles. The van der Waals surface area contributed by atoms with Gasteiger partial charge < -0.3 is 14.0 Å². The zero-order chi connectivity index (χ0) is 22.1. The number of carbonyl (C=O) groups is 1. The standard InChI is InChI=1S/C11H18N2O3.C8H18O4S/c1-4-15-8-9(2)16-11(14)7-10-12-5-6-13(10)3;1-2-3-4-5-6-7-8-12-13(9,10)11/h5-6,9H,4,7-8H2,1-3H3;2-8H2,1H3,(H,9,10,11)/t9-;/m1./s1. The van der Waals surface area contributed by atoms with Crippen LogP contribution in [0.4, 0.5) is 0 Å². The number of aryl methyl sites for hydroxylation is 1. The molecule has 0 unspecified atom stereocenters. The Bertz CT molecular complexity index is 647. The van der Waals surface area contributed by atoms with Gasteiger partial charge in [-0.25, -0.2) is 18.0 Å². The average molecular weight is 437 g/mol. The minimum absolute atomic E-state index is 0.0258. The molecule has 9 nitrogen and oxygen atoms in total. The Hall–Kier alpha value is -1.49. The highest BCUT2D eigenvalue weighted by Gasteiger charge is 2.16. The van der Waals surface area contributed by atoms with Crippen molar-refractivity contribution in [2.75, 3.05) is 19.8 Å². The van der Waals surface area contributed by atoms with Crippen molar-refractivity contribution in [3.05, 3.63) is 18.2 Å². The Morgan fingerprint density at radius 1 is 1.21 bits per heavy atom. The molecule has 170 valence electrons. The normalized spacial score (nSPS) is 12.2. The molecule has 1 heterocycles. The number of hydrogen-bond donors (Lipinski definition) is 1. The Morgan fingerprint density at radius 2 is 1.86 bits per heavy atom. The first-order valence-electron chi connectivity index (χ1n) is 10.1. The Kier molecular flexibility index (Phi) is 15.5. The maximum Gasteiger partial charge on any atom is 0.318 e. The van der Waals surface area contributed by atoms with Gasteiger partial charge in [0, 0.05) is 6.61 Å². The van der Waals surface area contributed by atoms with Crippen LogP contribution in [0.3, 0.4) is 0 Å². The predicted octanol–water partition coefficient (Wildman–Crippen LogP) is 2.17. The largest absolute Gasteiger partial charge is 0.726 e. The van der Waals surface area contributed by atoms with Gasteiger partial charge in [0.2, 0.25) is 10.4 Å². The molecule has 0 aromatic carbocycles. The van der Waals surface area contributed by atoms with Gasteiger partial charge in [-0.1, -0.05) is 39.0 Å². The summed E-state index contributed by atoms with van der Waals surface area (Å²) in [6.07, 6.45) is 9.90. The Labute approximate surface area is 174 Å². The molecule has 0 spiro atoms. The molecule has 0 saturated heterocycles. The first-order valence-corrected chi connectivity index (χ1v) is 11.4. The number of aromatic amines is 1. The van der Waals surface area contributed by atoms with Crippen molar-refractivity contribution in [2.24, 2.45) is 7.05 Å². The molecule has 0 bridgehead atoms. The highest BCUT2D eigenvalue weighted by molar-refractivity contribution is 7.80. The van der Waals surface area contributed by atoms with Crippen LogP contribution in [0, 0.1) is 0 Å². The molecule has 29 heavy (non-hydrogen) atoms. The van der Waals surface area contributed by atoms with E-state index in [-0.39, 0.29) is 25.1 Å². The molecule has 1 atom stereocenters. The van der Waals surface area contributed by atoms with E-state index in [1.165, 1.54) is 19.3 Å². The van der Waals surface area contributed by atoms with Gasteiger partial charge in [-0.15, -0.1) is 0 Å². The van der Waals surface area contributed by atoms with Crippen LogP contribution in [0.1, 0.15) is 65.1 Å². The second kappa shape index (κ2) is 16.3. The summed E-state index contributed by atoms with van der Waals surface area (Å²) in [5.74, 6) is 0.582. The fraction of sp³-hybridized carbons (Fsp3) is 0.789. The lowest BCUT2D eigenvalue weighted by molar-refractivity contribution is -0.677. The van der Waals surface area contributed by atoms with Crippen LogP contribution in [-0.2, 0) is 42.3 Å². The lowest BCUT2D eigenvalue weighted by atomic mass is 10.1. The molecule has 0 fully saturated rings. The molecule has 1 aromatic rings. The zero-order valence-electron chi connectivity index (χ0n) is 18.0. The summed E-state index contributed by atoms with van der Waals surface area (Å²) in [6, 6.07) is 0. The lowest BCUT2D eigenvalue weighted by Gasteiger charge is -2.11. The van der Waals surface area contributed by atoms with E-state index in [1.54, 1.807) is 6.20 Å².